The molecule has 27 heavy (non-hydrogen) atoms. The molecule has 0 aliphatic rings. The molecular formula is C12H12F14O. The Labute approximate surface area is 142 Å². The first-order valence-corrected chi connectivity index (χ1v) is 6.89. The second kappa shape index (κ2) is 7.78. The summed E-state index contributed by atoms with van der Waals surface area (Å²) in [5.41, 5.74) is -12.3. The van der Waals surface area contributed by atoms with Crippen molar-refractivity contribution in [1.29, 1.82) is 0 Å². The molecule has 0 atom stereocenters. The van der Waals surface area contributed by atoms with E-state index in [0.29, 0.717) is 0 Å². The van der Waals surface area contributed by atoms with Gasteiger partial charge in [0.1, 0.15) is 0 Å². The van der Waals surface area contributed by atoms with Crippen LogP contribution in [0.5, 0.6) is 0 Å². The highest BCUT2D eigenvalue weighted by Gasteiger charge is 2.75. The summed E-state index contributed by atoms with van der Waals surface area (Å²) in [6.07, 6.45) is -35.1. The molecule has 0 aromatic carbocycles. The molecule has 15 heteroatoms. The maximum atomic E-state index is 13.7. The second-order valence-corrected chi connectivity index (χ2v) is 5.73. The third-order valence-electron chi connectivity index (χ3n) is 3.71. The van der Waals surface area contributed by atoms with Crippen LogP contribution in [0.15, 0.2) is 0 Å². The van der Waals surface area contributed by atoms with E-state index in [1.807, 2.05) is 0 Å². The summed E-state index contributed by atoms with van der Waals surface area (Å²) >= 11 is 0. The Balaban J connectivity index is 6.07. The molecule has 0 aromatic rings. The summed E-state index contributed by atoms with van der Waals surface area (Å²) in [5.74, 6) is -3.00. The fourth-order valence-corrected chi connectivity index (χ4v) is 2.24. The fraction of sp³-hybridized carbons (Fsp3) is 1.00. The molecular weight excluding hydrogens is 426 g/mol. The minimum Gasteiger partial charge on any atom is -0.396 e. The van der Waals surface area contributed by atoms with E-state index in [4.69, 9.17) is 5.11 Å². The van der Waals surface area contributed by atoms with Gasteiger partial charge in [0.15, 0.2) is 0 Å². The molecule has 0 unspecified atom stereocenters. The third-order valence-corrected chi connectivity index (χ3v) is 3.71. The van der Waals surface area contributed by atoms with Crippen LogP contribution in [-0.4, -0.2) is 47.8 Å². The molecule has 0 aliphatic heterocycles. The quantitative estimate of drug-likeness (QED) is 0.497. The van der Waals surface area contributed by atoms with E-state index in [0.717, 1.165) is 0 Å². The van der Waals surface area contributed by atoms with E-state index < -0.39 is 74.3 Å². The number of aliphatic hydroxyl groups excluding tert-OH is 1. The first-order chi connectivity index (χ1) is 11.6. The molecule has 0 heterocycles. The van der Waals surface area contributed by atoms with Crippen molar-refractivity contribution < 1.29 is 66.6 Å². The summed E-state index contributed by atoms with van der Waals surface area (Å²) in [4.78, 5) is 0. The normalized spacial score (nSPS) is 15.6. The molecule has 0 bridgehead atoms. The Kier molecular flexibility index (Phi) is 7.48. The van der Waals surface area contributed by atoms with Crippen LogP contribution in [0.1, 0.15) is 25.7 Å². The predicted octanol–water partition coefficient (Wildman–Crippen LogP) is 5.82. The van der Waals surface area contributed by atoms with Crippen molar-refractivity contribution in [1.82, 2.24) is 0 Å². The number of hydrogen-bond acceptors (Lipinski definition) is 1. The van der Waals surface area contributed by atoms with Gasteiger partial charge in [0, 0.05) is 19.4 Å². The van der Waals surface area contributed by atoms with Crippen LogP contribution in [0.2, 0.25) is 0 Å². The van der Waals surface area contributed by atoms with E-state index in [1.165, 1.54) is 0 Å². The number of hydrogen-bond donors (Lipinski definition) is 1. The van der Waals surface area contributed by atoms with Crippen LogP contribution < -0.4 is 0 Å². The lowest BCUT2D eigenvalue weighted by atomic mass is 9.80. The minimum absolute atomic E-state index is 0.887. The van der Waals surface area contributed by atoms with Crippen molar-refractivity contribution in [2.24, 2.45) is 5.92 Å². The van der Waals surface area contributed by atoms with Crippen molar-refractivity contribution in [2.75, 3.05) is 6.61 Å². The Hall–Kier alpha value is -1.02. The molecule has 1 nitrogen and oxygen atoms in total. The topological polar surface area (TPSA) is 20.2 Å². The SMILES string of the molecule is OCCCC(CC(F)(C(F)(F)F)C(F)(F)F)CC(F)(C(F)(F)F)C(F)(F)F. The van der Waals surface area contributed by atoms with Crippen LogP contribution in [0.4, 0.5) is 61.5 Å². The van der Waals surface area contributed by atoms with E-state index in [-0.39, 0.29) is 0 Å². The molecule has 0 aromatic heterocycles. The molecule has 0 aliphatic carbocycles. The molecule has 0 spiro atoms. The fourth-order valence-electron chi connectivity index (χ4n) is 2.24. The zero-order chi connectivity index (χ0) is 22.1. The molecule has 0 rings (SSSR count). The zero-order valence-electron chi connectivity index (χ0n) is 12.9. The van der Waals surface area contributed by atoms with Gasteiger partial charge < -0.3 is 5.11 Å². The maximum absolute atomic E-state index is 13.7. The summed E-state index contributed by atoms with van der Waals surface area (Å²) in [6, 6.07) is 0. The molecule has 0 saturated carbocycles. The Morgan fingerprint density at radius 3 is 0.963 bits per heavy atom. The highest BCUT2D eigenvalue weighted by Crippen LogP contribution is 2.54. The van der Waals surface area contributed by atoms with E-state index in [9.17, 15) is 61.5 Å². The zero-order valence-corrected chi connectivity index (χ0v) is 12.9. The van der Waals surface area contributed by atoms with Gasteiger partial charge in [-0.1, -0.05) is 0 Å². The molecule has 1 N–H and O–H groups in total. The van der Waals surface area contributed by atoms with Gasteiger partial charge in [-0.2, -0.15) is 52.7 Å². The van der Waals surface area contributed by atoms with Crippen LogP contribution in [0.25, 0.3) is 0 Å². The van der Waals surface area contributed by atoms with Gasteiger partial charge in [0.2, 0.25) is 0 Å². The largest absolute Gasteiger partial charge is 0.431 e. The smallest absolute Gasteiger partial charge is 0.396 e. The highest BCUT2D eigenvalue weighted by atomic mass is 19.4. The van der Waals surface area contributed by atoms with Crippen LogP contribution in [0.3, 0.4) is 0 Å². The van der Waals surface area contributed by atoms with Crippen LogP contribution >= 0.6 is 0 Å². The standard InChI is InChI=1S/C12H12F14O/c13-7(9(15,16)17,10(18,19)20)4-6(2-1-3-27)5-8(14,11(21,22)23)12(24,25)26/h6,27H,1-5H2. The lowest BCUT2D eigenvalue weighted by Gasteiger charge is -2.37. The number of halogens is 14. The highest BCUT2D eigenvalue weighted by molar-refractivity contribution is 5.01. The van der Waals surface area contributed by atoms with Crippen molar-refractivity contribution in [2.45, 2.75) is 61.7 Å². The summed E-state index contributed by atoms with van der Waals surface area (Å²) in [5, 5.41) is 8.47. The van der Waals surface area contributed by atoms with Crippen molar-refractivity contribution in [3.8, 4) is 0 Å². The van der Waals surface area contributed by atoms with Gasteiger partial charge >= 0.3 is 24.7 Å². The lowest BCUT2D eigenvalue weighted by molar-refractivity contribution is -0.356. The number of rotatable bonds is 7. The van der Waals surface area contributed by atoms with E-state index in [1.54, 1.807) is 0 Å². The van der Waals surface area contributed by atoms with Crippen molar-refractivity contribution in [3.63, 3.8) is 0 Å². The predicted molar refractivity (Wildman–Crippen MR) is 60.9 cm³/mol. The first-order valence-electron chi connectivity index (χ1n) is 6.89. The van der Waals surface area contributed by atoms with Gasteiger partial charge in [-0.15, -0.1) is 0 Å². The maximum Gasteiger partial charge on any atom is 0.431 e. The third kappa shape index (κ3) is 5.50. The lowest BCUT2D eigenvalue weighted by Crippen LogP contribution is -2.57. The minimum atomic E-state index is -6.74. The molecule has 0 radical (unpaired) electrons. The average molecular weight is 438 g/mol. The van der Waals surface area contributed by atoms with Crippen molar-refractivity contribution in [3.05, 3.63) is 0 Å². The number of alkyl halides is 14. The van der Waals surface area contributed by atoms with Gasteiger partial charge in [0.25, 0.3) is 11.3 Å². The van der Waals surface area contributed by atoms with Crippen LogP contribution in [-0.2, 0) is 0 Å². The molecule has 0 fully saturated rings. The summed E-state index contributed by atoms with van der Waals surface area (Å²) < 4.78 is 177. The molecule has 0 saturated heterocycles. The van der Waals surface area contributed by atoms with E-state index >= 15 is 0 Å². The van der Waals surface area contributed by atoms with Gasteiger partial charge in [0.05, 0.1) is 0 Å². The Morgan fingerprint density at radius 2 is 0.778 bits per heavy atom. The Morgan fingerprint density at radius 1 is 0.519 bits per heavy atom. The average Bonchev–Trinajstić information content (AvgIpc) is 2.39. The summed E-state index contributed by atoms with van der Waals surface area (Å²) in [6.45, 7) is -1.06. The van der Waals surface area contributed by atoms with Gasteiger partial charge in [-0.05, 0) is 18.8 Å². The Bertz CT molecular complexity index is 402. The molecule has 164 valence electrons. The van der Waals surface area contributed by atoms with Crippen LogP contribution in [0, 0.1) is 5.92 Å². The van der Waals surface area contributed by atoms with Crippen molar-refractivity contribution >= 4 is 0 Å². The first kappa shape index (κ1) is 26.0. The van der Waals surface area contributed by atoms with E-state index in [2.05, 4.69) is 0 Å². The van der Waals surface area contributed by atoms with Gasteiger partial charge in [-0.25, -0.2) is 8.78 Å². The van der Waals surface area contributed by atoms with Gasteiger partial charge in [-0.3, -0.25) is 0 Å². The monoisotopic (exact) mass is 438 g/mol. The summed E-state index contributed by atoms with van der Waals surface area (Å²) in [7, 11) is 0. The second-order valence-electron chi connectivity index (χ2n) is 5.73. The molecule has 0 amide bonds. The number of aliphatic hydroxyl groups is 1.